The summed E-state index contributed by atoms with van der Waals surface area (Å²) < 4.78 is 19.6. The van der Waals surface area contributed by atoms with Crippen LogP contribution in [0.4, 0.5) is 4.39 Å². The summed E-state index contributed by atoms with van der Waals surface area (Å²) in [4.78, 5) is 2.35. The summed E-state index contributed by atoms with van der Waals surface area (Å²) in [6, 6.07) is 5.49. The number of hydrogen-bond donors (Lipinski definition) is 1. The van der Waals surface area contributed by atoms with Crippen LogP contribution < -0.4 is 10.1 Å². The lowest BCUT2D eigenvalue weighted by Gasteiger charge is -2.35. The second-order valence-electron chi connectivity index (χ2n) is 5.03. The van der Waals surface area contributed by atoms with Crippen LogP contribution >= 0.6 is 0 Å². The smallest absolute Gasteiger partial charge is 0.169 e. The monoisotopic (exact) mass is 278 g/mol. The maximum absolute atomic E-state index is 14.5. The van der Waals surface area contributed by atoms with Crippen LogP contribution in [0, 0.1) is 5.82 Å². The van der Waals surface area contributed by atoms with E-state index in [1.807, 2.05) is 18.2 Å². The van der Waals surface area contributed by atoms with Crippen molar-refractivity contribution in [3.05, 3.63) is 42.2 Å². The van der Waals surface area contributed by atoms with Gasteiger partial charge in [0.05, 0.1) is 7.11 Å². The second kappa shape index (κ2) is 7.41. The van der Waals surface area contributed by atoms with Crippen LogP contribution in [-0.2, 0) is 0 Å². The molecule has 0 aromatic heterocycles. The molecule has 110 valence electrons. The molecule has 0 aliphatic carbocycles. The third kappa shape index (κ3) is 3.38. The molecule has 20 heavy (non-hydrogen) atoms. The van der Waals surface area contributed by atoms with Gasteiger partial charge in [-0.3, -0.25) is 4.90 Å². The molecule has 0 amide bonds. The maximum atomic E-state index is 14.5. The summed E-state index contributed by atoms with van der Waals surface area (Å²) in [5, 5.41) is 3.33. The average Bonchev–Trinajstić information content (AvgIpc) is 2.50. The zero-order chi connectivity index (χ0) is 14.4. The summed E-state index contributed by atoms with van der Waals surface area (Å²) in [5.74, 6) is 0.0869. The van der Waals surface area contributed by atoms with Crippen LogP contribution in [0.5, 0.6) is 5.75 Å². The number of ether oxygens (including phenoxy) is 1. The van der Waals surface area contributed by atoms with E-state index in [2.05, 4.69) is 16.8 Å². The predicted octanol–water partition coefficient (Wildman–Crippen LogP) is 2.75. The molecule has 1 aliphatic rings. The van der Waals surface area contributed by atoms with E-state index in [0.717, 1.165) is 44.6 Å². The fraction of sp³-hybridized carbons (Fsp3) is 0.500. The van der Waals surface area contributed by atoms with Gasteiger partial charge in [0.1, 0.15) is 0 Å². The van der Waals surface area contributed by atoms with Gasteiger partial charge in [-0.2, -0.15) is 0 Å². The number of allylic oxidation sites excluding steroid dienone is 1. The highest BCUT2D eigenvalue weighted by Crippen LogP contribution is 2.32. The van der Waals surface area contributed by atoms with Crippen LogP contribution in [0.2, 0.25) is 0 Å². The molecule has 3 nitrogen and oxygen atoms in total. The van der Waals surface area contributed by atoms with Crippen molar-refractivity contribution in [1.29, 1.82) is 0 Å². The van der Waals surface area contributed by atoms with Gasteiger partial charge in [0.15, 0.2) is 11.6 Å². The SMILES string of the molecule is C=CCC[C@H](c1cccc(OC)c1F)N1CCNCC1. The van der Waals surface area contributed by atoms with Gasteiger partial charge in [0.2, 0.25) is 0 Å². The number of piperazine rings is 1. The number of methoxy groups -OCH3 is 1. The van der Waals surface area contributed by atoms with Gasteiger partial charge in [-0.1, -0.05) is 18.2 Å². The van der Waals surface area contributed by atoms with Crippen molar-refractivity contribution in [3.8, 4) is 5.75 Å². The highest BCUT2D eigenvalue weighted by molar-refractivity contribution is 5.33. The molecule has 1 heterocycles. The van der Waals surface area contributed by atoms with Crippen molar-refractivity contribution in [3.63, 3.8) is 0 Å². The Morgan fingerprint density at radius 3 is 2.85 bits per heavy atom. The van der Waals surface area contributed by atoms with E-state index in [-0.39, 0.29) is 11.9 Å². The zero-order valence-corrected chi connectivity index (χ0v) is 12.1. The Bertz CT molecular complexity index is 444. The van der Waals surface area contributed by atoms with E-state index >= 15 is 0 Å². The molecule has 0 bridgehead atoms. The number of nitrogens with zero attached hydrogens (tertiary/aromatic N) is 1. The van der Waals surface area contributed by atoms with Crippen molar-refractivity contribution in [2.75, 3.05) is 33.3 Å². The number of benzene rings is 1. The third-order valence-corrected chi connectivity index (χ3v) is 3.81. The fourth-order valence-electron chi connectivity index (χ4n) is 2.75. The first-order chi connectivity index (χ1) is 9.77. The Morgan fingerprint density at radius 2 is 2.20 bits per heavy atom. The number of nitrogens with one attached hydrogen (secondary N) is 1. The van der Waals surface area contributed by atoms with Crippen LogP contribution in [0.1, 0.15) is 24.4 Å². The minimum atomic E-state index is -0.234. The van der Waals surface area contributed by atoms with Crippen LogP contribution in [-0.4, -0.2) is 38.2 Å². The van der Waals surface area contributed by atoms with Gasteiger partial charge in [0, 0.05) is 37.8 Å². The lowest BCUT2D eigenvalue weighted by molar-refractivity contribution is 0.162. The largest absolute Gasteiger partial charge is 0.494 e. The Balaban J connectivity index is 2.27. The molecule has 1 fully saturated rings. The molecule has 1 aliphatic heterocycles. The molecule has 0 unspecified atom stereocenters. The molecule has 0 radical (unpaired) electrons. The third-order valence-electron chi connectivity index (χ3n) is 3.81. The quantitative estimate of drug-likeness (QED) is 0.810. The summed E-state index contributed by atoms with van der Waals surface area (Å²) in [6.45, 7) is 7.57. The summed E-state index contributed by atoms with van der Waals surface area (Å²) >= 11 is 0. The summed E-state index contributed by atoms with van der Waals surface area (Å²) in [6.07, 6.45) is 3.66. The van der Waals surface area contributed by atoms with Crippen molar-refractivity contribution < 1.29 is 9.13 Å². The number of hydrogen-bond acceptors (Lipinski definition) is 3. The molecular formula is C16H23FN2O. The summed E-state index contributed by atoms with van der Waals surface area (Å²) in [5.41, 5.74) is 0.730. The Morgan fingerprint density at radius 1 is 1.45 bits per heavy atom. The van der Waals surface area contributed by atoms with E-state index in [1.54, 1.807) is 6.07 Å². The lowest BCUT2D eigenvalue weighted by atomic mass is 9.98. The number of rotatable bonds is 6. The van der Waals surface area contributed by atoms with Gasteiger partial charge in [-0.25, -0.2) is 4.39 Å². The minimum Gasteiger partial charge on any atom is -0.494 e. The molecule has 1 aromatic carbocycles. The predicted molar refractivity (Wildman–Crippen MR) is 79.6 cm³/mol. The number of halogens is 1. The molecular weight excluding hydrogens is 255 g/mol. The van der Waals surface area contributed by atoms with Gasteiger partial charge >= 0.3 is 0 Å². The topological polar surface area (TPSA) is 24.5 Å². The van der Waals surface area contributed by atoms with E-state index in [0.29, 0.717) is 5.75 Å². The molecule has 2 rings (SSSR count). The van der Waals surface area contributed by atoms with Crippen molar-refractivity contribution in [2.24, 2.45) is 0 Å². The average molecular weight is 278 g/mol. The fourth-order valence-corrected chi connectivity index (χ4v) is 2.75. The van der Waals surface area contributed by atoms with E-state index in [9.17, 15) is 4.39 Å². The van der Waals surface area contributed by atoms with Gasteiger partial charge in [0.25, 0.3) is 0 Å². The van der Waals surface area contributed by atoms with E-state index in [1.165, 1.54) is 7.11 Å². The highest BCUT2D eigenvalue weighted by Gasteiger charge is 2.25. The highest BCUT2D eigenvalue weighted by atomic mass is 19.1. The standard InChI is InChI=1S/C16H23FN2O/c1-3-4-7-14(19-11-9-18-10-12-19)13-6-5-8-15(20-2)16(13)17/h3,5-6,8,14,18H,1,4,7,9-12H2,2H3/t14-/m1/s1. The molecule has 0 saturated carbocycles. The van der Waals surface area contributed by atoms with E-state index < -0.39 is 0 Å². The molecule has 1 atom stereocenters. The van der Waals surface area contributed by atoms with Crippen molar-refractivity contribution in [1.82, 2.24) is 10.2 Å². The Kier molecular flexibility index (Phi) is 5.56. The molecule has 1 N–H and O–H groups in total. The first kappa shape index (κ1) is 15.0. The Hall–Kier alpha value is -1.39. The van der Waals surface area contributed by atoms with Gasteiger partial charge < -0.3 is 10.1 Å². The molecule has 4 heteroatoms. The molecule has 1 saturated heterocycles. The van der Waals surface area contributed by atoms with Crippen LogP contribution in [0.3, 0.4) is 0 Å². The van der Waals surface area contributed by atoms with Crippen molar-refractivity contribution >= 4 is 0 Å². The Labute approximate surface area is 120 Å². The minimum absolute atomic E-state index is 0.0881. The van der Waals surface area contributed by atoms with Crippen LogP contribution in [0.15, 0.2) is 30.9 Å². The zero-order valence-electron chi connectivity index (χ0n) is 12.1. The van der Waals surface area contributed by atoms with Crippen molar-refractivity contribution in [2.45, 2.75) is 18.9 Å². The molecule has 0 spiro atoms. The van der Waals surface area contributed by atoms with E-state index in [4.69, 9.17) is 4.74 Å². The summed E-state index contributed by atoms with van der Waals surface area (Å²) in [7, 11) is 1.51. The first-order valence-electron chi connectivity index (χ1n) is 7.16. The lowest BCUT2D eigenvalue weighted by Crippen LogP contribution is -2.45. The maximum Gasteiger partial charge on any atom is 0.169 e. The van der Waals surface area contributed by atoms with Gasteiger partial charge in [-0.05, 0) is 18.9 Å². The van der Waals surface area contributed by atoms with Crippen LogP contribution in [0.25, 0.3) is 0 Å². The molecule has 1 aromatic rings. The van der Waals surface area contributed by atoms with Gasteiger partial charge in [-0.15, -0.1) is 6.58 Å². The normalized spacial score (nSPS) is 17.7. The first-order valence-corrected chi connectivity index (χ1v) is 7.16. The second-order valence-corrected chi connectivity index (χ2v) is 5.03.